The van der Waals surface area contributed by atoms with Crippen LogP contribution in [0.25, 0.3) is 0 Å². The first-order valence-electron chi connectivity index (χ1n) is 23.3. The van der Waals surface area contributed by atoms with Gasteiger partial charge < -0.3 is 64.8 Å². The minimum absolute atomic E-state index is 0.0186. The highest BCUT2D eigenvalue weighted by molar-refractivity contribution is 7.86. The summed E-state index contributed by atoms with van der Waals surface area (Å²) < 4.78 is 64.4. The molecule has 5 aliphatic rings. The Morgan fingerprint density at radius 2 is 1.58 bits per heavy atom. The molecule has 20 nitrogen and oxygen atoms in total. The lowest BCUT2D eigenvalue weighted by atomic mass is 9.74. The van der Waals surface area contributed by atoms with Crippen molar-refractivity contribution in [3.05, 3.63) is 0 Å². The number of nitrogens with zero attached hydrogens (tertiary/aromatic N) is 1. The smallest absolute Gasteiger partial charge is 0.268 e. The van der Waals surface area contributed by atoms with Gasteiger partial charge in [-0.3, -0.25) is 23.7 Å². The fourth-order valence-electron chi connectivity index (χ4n) is 9.80. The van der Waals surface area contributed by atoms with Crippen molar-refractivity contribution in [3.63, 3.8) is 0 Å². The highest BCUT2D eigenvalue weighted by atomic mass is 32.2. The molecule has 3 heterocycles. The van der Waals surface area contributed by atoms with Gasteiger partial charge in [0.25, 0.3) is 16.0 Å². The summed E-state index contributed by atoms with van der Waals surface area (Å²) in [5, 5.41) is 58.4. The van der Waals surface area contributed by atoms with Gasteiger partial charge >= 0.3 is 0 Å². The van der Waals surface area contributed by atoms with Gasteiger partial charge in [0, 0.05) is 45.3 Å². The average Bonchev–Trinajstić information content (AvgIpc) is 3.23. The summed E-state index contributed by atoms with van der Waals surface area (Å²) in [6.07, 6.45) is -8.71. The van der Waals surface area contributed by atoms with Crippen LogP contribution in [0.5, 0.6) is 0 Å². The fraction of sp³-hybridized carbons (Fsp3) is 0.907. The fourth-order valence-corrected chi connectivity index (χ4v) is 10.6. The zero-order valence-corrected chi connectivity index (χ0v) is 38.4. The summed E-state index contributed by atoms with van der Waals surface area (Å²) in [7, 11) is -4.41. The maximum absolute atomic E-state index is 13.9. The van der Waals surface area contributed by atoms with Crippen LogP contribution in [0.4, 0.5) is 0 Å². The van der Waals surface area contributed by atoms with E-state index < -0.39 is 132 Å². The molecule has 21 heteroatoms. The number of Topliss-reactive ketones (excluding diaryl/α,β-unsaturated/α-hetero) is 1. The van der Waals surface area contributed by atoms with Gasteiger partial charge in [-0.05, 0) is 57.3 Å². The number of ether oxygens (including phenoxy) is 5. The Labute approximate surface area is 376 Å². The molecule has 368 valence electrons. The van der Waals surface area contributed by atoms with Crippen molar-refractivity contribution in [1.29, 1.82) is 0 Å². The van der Waals surface area contributed by atoms with Crippen LogP contribution in [0.3, 0.4) is 0 Å². The second kappa shape index (κ2) is 24.0. The number of ketones is 1. The van der Waals surface area contributed by atoms with Crippen molar-refractivity contribution < 1.29 is 81.4 Å². The number of rotatable bonds is 21. The summed E-state index contributed by atoms with van der Waals surface area (Å²) in [6, 6.07) is -1.24. The van der Waals surface area contributed by atoms with Crippen LogP contribution in [0, 0.1) is 17.8 Å². The monoisotopic (exact) mass is 935 g/mol. The molecule has 5 rings (SSSR count). The van der Waals surface area contributed by atoms with Crippen molar-refractivity contribution in [2.45, 2.75) is 202 Å². The number of aliphatic hydroxyl groups excluding tert-OH is 5. The van der Waals surface area contributed by atoms with Crippen molar-refractivity contribution in [3.8, 4) is 0 Å². The number of hydrogen-bond donors (Lipinski definition) is 8. The first kappa shape index (κ1) is 52.6. The van der Waals surface area contributed by atoms with E-state index in [4.69, 9.17) is 23.7 Å². The number of likely N-dealkylation sites (tertiary alicyclic amines) is 1. The Kier molecular flexibility index (Phi) is 19.7. The Morgan fingerprint density at radius 1 is 0.875 bits per heavy atom. The lowest BCUT2D eigenvalue weighted by Crippen LogP contribution is -2.67. The summed E-state index contributed by atoms with van der Waals surface area (Å²) in [5.41, 5.74) is 0. The Bertz CT molecular complexity index is 1650. The molecule has 3 aliphatic heterocycles. The van der Waals surface area contributed by atoms with Crippen LogP contribution < -0.4 is 10.6 Å². The summed E-state index contributed by atoms with van der Waals surface area (Å²) in [5.74, 6) is -2.39. The quantitative estimate of drug-likeness (QED) is 0.0559. The molecule has 3 saturated heterocycles. The first-order chi connectivity index (χ1) is 30.4. The SMILES string of the molecule is CCC1CC(C(=O)CCCNC(=O)CC(CC)S(=O)(=O)O)C[C@@H](O[C@@H]2O[C@@H](CO)[C@H](O)C(O[C@@H](CC3CCCCC3)C(=O)N3CCC3)C2NC(C)=O)[C@@H]1O[C@@H]1OC(C)[C@@H](O)[C@H](O)C1O. The van der Waals surface area contributed by atoms with E-state index in [1.807, 2.05) is 6.92 Å². The lowest BCUT2D eigenvalue weighted by Gasteiger charge is -2.49. The van der Waals surface area contributed by atoms with E-state index in [2.05, 4.69) is 10.6 Å². The van der Waals surface area contributed by atoms with Crippen molar-refractivity contribution in [1.82, 2.24) is 15.5 Å². The molecule has 2 saturated carbocycles. The standard InChI is InChI=1S/C43H73N3O17S/c1-5-26-19-27(29(49)14-10-15-44-33(50)21-28(6-2)64(56,57)58)20-30(39(26)63-43-38(54)37(53)35(51)23(3)59-43)61-42-34(45-24(4)48)40(36(52)32(22-47)62-42)60-31(41(55)46-16-11-17-46)18-25-12-8-7-9-13-25/h23,25-28,30-32,34-40,42-43,47,51-54H,5-22H2,1-4H3,(H,44,50)(H,45,48)(H,56,57,58)/t23?,26?,27?,28?,30-,31+,32+,34?,35-,36+,37+,38?,39-,40?,42-,43+/m1/s1. The molecular weight excluding hydrogens is 863 g/mol. The van der Waals surface area contributed by atoms with Crippen molar-refractivity contribution >= 4 is 33.6 Å². The van der Waals surface area contributed by atoms with Gasteiger partial charge in [0.05, 0.1) is 30.2 Å². The van der Waals surface area contributed by atoms with Crippen LogP contribution >= 0.6 is 0 Å². The molecule has 64 heavy (non-hydrogen) atoms. The van der Waals surface area contributed by atoms with Crippen LogP contribution in [0.2, 0.25) is 0 Å². The first-order valence-corrected chi connectivity index (χ1v) is 24.8. The molecule has 0 bridgehead atoms. The second-order valence-electron chi connectivity index (χ2n) is 18.4. The number of carbonyl (C=O) groups is 4. The normalized spacial score (nSPS) is 36.1. The van der Waals surface area contributed by atoms with Crippen LogP contribution in [-0.4, -0.2) is 178 Å². The summed E-state index contributed by atoms with van der Waals surface area (Å²) in [6.45, 7) is 6.70. The number of amides is 3. The minimum atomic E-state index is -4.41. The van der Waals surface area contributed by atoms with Crippen LogP contribution in [0.15, 0.2) is 0 Å². The highest BCUT2D eigenvalue weighted by Crippen LogP contribution is 2.40. The van der Waals surface area contributed by atoms with Crippen LogP contribution in [0.1, 0.15) is 118 Å². The maximum Gasteiger partial charge on any atom is 0.268 e. The van der Waals surface area contributed by atoms with Gasteiger partial charge in [0.2, 0.25) is 11.8 Å². The molecule has 0 spiro atoms. The van der Waals surface area contributed by atoms with Crippen molar-refractivity contribution in [2.24, 2.45) is 17.8 Å². The van der Waals surface area contributed by atoms with E-state index in [0.29, 0.717) is 32.4 Å². The molecular formula is C43H73N3O17S. The molecule has 3 amide bonds. The van der Waals surface area contributed by atoms with Gasteiger partial charge in [-0.1, -0.05) is 52.4 Å². The molecule has 0 radical (unpaired) electrons. The predicted octanol–water partition coefficient (Wildman–Crippen LogP) is 0.0818. The third-order valence-corrected chi connectivity index (χ3v) is 15.1. The molecule has 16 atom stereocenters. The van der Waals surface area contributed by atoms with Gasteiger partial charge in [0.1, 0.15) is 54.6 Å². The molecule has 7 unspecified atom stereocenters. The van der Waals surface area contributed by atoms with Crippen molar-refractivity contribution in [2.75, 3.05) is 26.2 Å². The third kappa shape index (κ3) is 13.6. The summed E-state index contributed by atoms with van der Waals surface area (Å²) >= 11 is 0. The van der Waals surface area contributed by atoms with Gasteiger partial charge in [-0.25, -0.2) is 0 Å². The largest absolute Gasteiger partial charge is 0.394 e. The molecule has 5 fully saturated rings. The molecule has 0 aromatic carbocycles. The van der Waals surface area contributed by atoms with E-state index in [0.717, 1.165) is 38.5 Å². The van der Waals surface area contributed by atoms with Crippen LogP contribution in [-0.2, 0) is 53.0 Å². The molecule has 0 aromatic heterocycles. The molecule has 8 N–H and O–H groups in total. The lowest BCUT2D eigenvalue weighted by molar-refractivity contribution is -0.338. The average molecular weight is 936 g/mol. The Morgan fingerprint density at radius 3 is 2.17 bits per heavy atom. The third-order valence-electron chi connectivity index (χ3n) is 13.8. The number of carbonyl (C=O) groups excluding carboxylic acids is 4. The van der Waals surface area contributed by atoms with E-state index in [-0.39, 0.29) is 49.8 Å². The number of nitrogens with one attached hydrogen (secondary N) is 2. The summed E-state index contributed by atoms with van der Waals surface area (Å²) in [4.78, 5) is 54.9. The topological polar surface area (TPSA) is 297 Å². The zero-order chi connectivity index (χ0) is 46.9. The van der Waals surface area contributed by atoms with E-state index in [1.165, 1.54) is 20.8 Å². The van der Waals surface area contributed by atoms with Gasteiger partial charge in [0.15, 0.2) is 12.6 Å². The van der Waals surface area contributed by atoms with Gasteiger partial charge in [-0.15, -0.1) is 0 Å². The highest BCUT2D eigenvalue weighted by Gasteiger charge is 2.53. The van der Waals surface area contributed by atoms with E-state index in [9.17, 15) is 57.7 Å². The maximum atomic E-state index is 13.9. The zero-order valence-electron chi connectivity index (χ0n) is 37.6. The molecule has 0 aromatic rings. The van der Waals surface area contributed by atoms with E-state index >= 15 is 0 Å². The number of hydrogen-bond acceptors (Lipinski definition) is 16. The van der Waals surface area contributed by atoms with Gasteiger partial charge in [-0.2, -0.15) is 8.42 Å². The molecule has 2 aliphatic carbocycles. The second-order valence-corrected chi connectivity index (χ2v) is 20.1. The Hall–Kier alpha value is -2.41. The minimum Gasteiger partial charge on any atom is -0.394 e. The Balaban J connectivity index is 1.40. The van der Waals surface area contributed by atoms with E-state index in [1.54, 1.807) is 4.90 Å². The predicted molar refractivity (Wildman–Crippen MR) is 227 cm³/mol. The number of aliphatic hydroxyl groups is 5.